The minimum Gasteiger partial charge on any atom is -0.356 e. The van der Waals surface area contributed by atoms with Crippen molar-refractivity contribution in [2.24, 2.45) is 0 Å². The Morgan fingerprint density at radius 2 is 2.04 bits per heavy atom. The lowest BCUT2D eigenvalue weighted by molar-refractivity contribution is -0.132. The molecule has 2 amide bonds. The van der Waals surface area contributed by atoms with Crippen LogP contribution in [-0.2, 0) is 16.1 Å². The lowest BCUT2D eigenvalue weighted by Crippen LogP contribution is -2.32. The van der Waals surface area contributed by atoms with Gasteiger partial charge in [-0.05, 0) is 43.4 Å². The second kappa shape index (κ2) is 8.65. The molecule has 23 heavy (non-hydrogen) atoms. The van der Waals surface area contributed by atoms with Crippen molar-refractivity contribution in [3.63, 3.8) is 0 Å². The van der Waals surface area contributed by atoms with E-state index in [4.69, 9.17) is 0 Å². The van der Waals surface area contributed by atoms with E-state index in [9.17, 15) is 14.0 Å². The number of nitrogens with zero attached hydrogens (tertiary/aromatic N) is 1. The average Bonchev–Trinajstić information content (AvgIpc) is 3.32. The molecule has 1 N–H and O–H groups in total. The molecule has 0 unspecified atom stereocenters. The van der Waals surface area contributed by atoms with Crippen LogP contribution in [0.15, 0.2) is 24.3 Å². The highest BCUT2D eigenvalue weighted by Crippen LogP contribution is 2.29. The maximum absolute atomic E-state index is 13.3. The molecule has 0 saturated heterocycles. The standard InChI is InChI=1S/C18H25FN2O2/c1-14(22)20-11-4-2-3-8-18(23)21(17-9-10-17)13-15-6-5-7-16(19)12-15/h5-7,12,17H,2-4,8-11,13H2,1H3,(H,20,22). The van der Waals surface area contributed by atoms with E-state index < -0.39 is 0 Å². The summed E-state index contributed by atoms with van der Waals surface area (Å²) in [7, 11) is 0. The summed E-state index contributed by atoms with van der Waals surface area (Å²) in [5.41, 5.74) is 0.843. The normalized spacial score (nSPS) is 13.7. The van der Waals surface area contributed by atoms with E-state index in [1.165, 1.54) is 19.1 Å². The Bertz CT molecular complexity index is 544. The number of carbonyl (C=O) groups excluding carboxylic acids is 2. The quantitative estimate of drug-likeness (QED) is 0.711. The predicted octanol–water partition coefficient (Wildman–Crippen LogP) is 3.01. The second-order valence-electron chi connectivity index (χ2n) is 6.18. The van der Waals surface area contributed by atoms with Crippen LogP contribution in [-0.4, -0.2) is 29.3 Å². The third kappa shape index (κ3) is 6.38. The van der Waals surface area contributed by atoms with E-state index in [2.05, 4.69) is 5.32 Å². The Hall–Kier alpha value is -1.91. The Balaban J connectivity index is 1.74. The zero-order valence-corrected chi connectivity index (χ0v) is 13.7. The summed E-state index contributed by atoms with van der Waals surface area (Å²) in [6, 6.07) is 6.78. The van der Waals surface area contributed by atoms with Crippen LogP contribution in [0.5, 0.6) is 0 Å². The smallest absolute Gasteiger partial charge is 0.223 e. The van der Waals surface area contributed by atoms with Gasteiger partial charge >= 0.3 is 0 Å². The van der Waals surface area contributed by atoms with Crippen LogP contribution < -0.4 is 5.32 Å². The van der Waals surface area contributed by atoms with Crippen LogP contribution in [0.25, 0.3) is 0 Å². The number of unbranched alkanes of at least 4 members (excludes halogenated alkanes) is 2. The van der Waals surface area contributed by atoms with Crippen molar-refractivity contribution in [2.45, 2.75) is 58.0 Å². The summed E-state index contributed by atoms with van der Waals surface area (Å²) in [6.07, 6.45) is 5.24. The van der Waals surface area contributed by atoms with Gasteiger partial charge < -0.3 is 10.2 Å². The first kappa shape index (κ1) is 17.4. The first-order chi connectivity index (χ1) is 11.1. The second-order valence-corrected chi connectivity index (χ2v) is 6.18. The van der Waals surface area contributed by atoms with E-state index in [1.54, 1.807) is 6.07 Å². The highest BCUT2D eigenvalue weighted by molar-refractivity contribution is 5.76. The first-order valence-corrected chi connectivity index (χ1v) is 8.34. The van der Waals surface area contributed by atoms with Crippen molar-refractivity contribution in [3.8, 4) is 0 Å². The molecule has 126 valence electrons. The number of nitrogens with one attached hydrogen (secondary N) is 1. The van der Waals surface area contributed by atoms with Gasteiger partial charge in [0.15, 0.2) is 0 Å². The van der Waals surface area contributed by atoms with Crippen LogP contribution in [0.4, 0.5) is 4.39 Å². The number of rotatable bonds is 9. The molecule has 0 spiro atoms. The number of halogens is 1. The van der Waals surface area contributed by atoms with E-state index >= 15 is 0 Å². The minimum absolute atomic E-state index is 0.0175. The van der Waals surface area contributed by atoms with Gasteiger partial charge in [-0.1, -0.05) is 18.6 Å². The molecule has 0 radical (unpaired) electrons. The molecule has 1 aliphatic carbocycles. The summed E-state index contributed by atoms with van der Waals surface area (Å²) in [5, 5.41) is 2.75. The van der Waals surface area contributed by atoms with E-state index in [0.717, 1.165) is 37.7 Å². The lowest BCUT2D eigenvalue weighted by Gasteiger charge is -2.22. The zero-order chi connectivity index (χ0) is 16.7. The summed E-state index contributed by atoms with van der Waals surface area (Å²) < 4.78 is 13.3. The van der Waals surface area contributed by atoms with E-state index in [0.29, 0.717) is 25.6 Å². The van der Waals surface area contributed by atoms with Gasteiger partial charge in [0.2, 0.25) is 11.8 Å². The van der Waals surface area contributed by atoms with Gasteiger partial charge in [0.05, 0.1) is 0 Å². The SMILES string of the molecule is CC(=O)NCCCCCC(=O)N(Cc1cccc(F)c1)C1CC1. The third-order valence-corrected chi connectivity index (χ3v) is 3.99. The molecule has 0 aliphatic heterocycles. The van der Waals surface area contributed by atoms with Crippen LogP contribution in [0.2, 0.25) is 0 Å². The fourth-order valence-corrected chi connectivity index (χ4v) is 2.63. The number of hydrogen-bond donors (Lipinski definition) is 1. The fraction of sp³-hybridized carbons (Fsp3) is 0.556. The number of carbonyl (C=O) groups is 2. The number of amides is 2. The molecule has 1 aliphatic rings. The molecular weight excluding hydrogens is 295 g/mol. The molecule has 1 saturated carbocycles. The summed E-state index contributed by atoms with van der Waals surface area (Å²) in [6.45, 7) is 2.66. The van der Waals surface area contributed by atoms with Crippen LogP contribution in [0.1, 0.15) is 51.0 Å². The Morgan fingerprint density at radius 3 is 2.70 bits per heavy atom. The van der Waals surface area contributed by atoms with Crippen LogP contribution >= 0.6 is 0 Å². The maximum Gasteiger partial charge on any atom is 0.223 e. The molecule has 1 fully saturated rings. The summed E-state index contributed by atoms with van der Waals surface area (Å²) in [4.78, 5) is 25.1. The Labute approximate surface area is 137 Å². The highest BCUT2D eigenvalue weighted by atomic mass is 19.1. The fourth-order valence-electron chi connectivity index (χ4n) is 2.63. The average molecular weight is 320 g/mol. The maximum atomic E-state index is 13.3. The molecule has 0 atom stereocenters. The topological polar surface area (TPSA) is 49.4 Å². The number of benzene rings is 1. The Kier molecular flexibility index (Phi) is 6.56. The lowest BCUT2D eigenvalue weighted by atomic mass is 10.1. The van der Waals surface area contributed by atoms with Crippen molar-refractivity contribution in [1.29, 1.82) is 0 Å². The minimum atomic E-state index is -0.260. The zero-order valence-electron chi connectivity index (χ0n) is 13.7. The van der Waals surface area contributed by atoms with Gasteiger partial charge in [0.25, 0.3) is 0 Å². The molecule has 1 aromatic rings. The van der Waals surface area contributed by atoms with Crippen molar-refractivity contribution in [3.05, 3.63) is 35.6 Å². The number of hydrogen-bond acceptors (Lipinski definition) is 2. The molecule has 0 bridgehead atoms. The van der Waals surface area contributed by atoms with Gasteiger partial charge in [-0.3, -0.25) is 9.59 Å². The molecule has 2 rings (SSSR count). The van der Waals surface area contributed by atoms with Gasteiger partial charge in [-0.2, -0.15) is 0 Å². The molecular formula is C18H25FN2O2. The van der Waals surface area contributed by atoms with Gasteiger partial charge in [-0.15, -0.1) is 0 Å². The molecule has 4 nitrogen and oxygen atoms in total. The van der Waals surface area contributed by atoms with Crippen molar-refractivity contribution >= 4 is 11.8 Å². The van der Waals surface area contributed by atoms with Gasteiger partial charge in [0.1, 0.15) is 5.82 Å². The van der Waals surface area contributed by atoms with Crippen LogP contribution in [0, 0.1) is 5.82 Å². The molecule has 1 aromatic carbocycles. The highest BCUT2D eigenvalue weighted by Gasteiger charge is 2.32. The van der Waals surface area contributed by atoms with Gasteiger partial charge in [-0.25, -0.2) is 4.39 Å². The van der Waals surface area contributed by atoms with Gasteiger partial charge in [0, 0.05) is 32.5 Å². The Morgan fingerprint density at radius 1 is 1.26 bits per heavy atom. The molecule has 0 aromatic heterocycles. The van der Waals surface area contributed by atoms with Crippen molar-refractivity contribution in [2.75, 3.05) is 6.54 Å². The summed E-state index contributed by atoms with van der Waals surface area (Å²) in [5.74, 6) is -0.129. The van der Waals surface area contributed by atoms with E-state index in [-0.39, 0.29) is 17.6 Å². The monoisotopic (exact) mass is 320 g/mol. The third-order valence-electron chi connectivity index (χ3n) is 3.99. The van der Waals surface area contributed by atoms with Crippen LogP contribution in [0.3, 0.4) is 0 Å². The first-order valence-electron chi connectivity index (χ1n) is 8.34. The molecule has 5 heteroatoms. The molecule has 0 heterocycles. The predicted molar refractivity (Wildman–Crippen MR) is 87.1 cm³/mol. The van der Waals surface area contributed by atoms with Crippen molar-refractivity contribution in [1.82, 2.24) is 10.2 Å². The van der Waals surface area contributed by atoms with E-state index in [1.807, 2.05) is 11.0 Å². The summed E-state index contributed by atoms with van der Waals surface area (Å²) >= 11 is 0. The van der Waals surface area contributed by atoms with Crippen molar-refractivity contribution < 1.29 is 14.0 Å². The largest absolute Gasteiger partial charge is 0.356 e.